The molecule has 0 aromatic heterocycles. The van der Waals surface area contributed by atoms with Gasteiger partial charge in [0.2, 0.25) is 0 Å². The molecule has 0 bridgehead atoms. The average Bonchev–Trinajstić information content (AvgIpc) is 3.52. The van der Waals surface area contributed by atoms with E-state index in [-0.39, 0.29) is 22.5 Å². The molecule has 5 aromatic carbocycles. The van der Waals surface area contributed by atoms with E-state index in [1.165, 1.54) is 21.2 Å². The van der Waals surface area contributed by atoms with Crippen molar-refractivity contribution >= 4 is 37.1 Å². The molecule has 1 aliphatic heterocycles. The van der Waals surface area contributed by atoms with Crippen LogP contribution >= 0.6 is 15.8 Å². The van der Waals surface area contributed by atoms with E-state index in [9.17, 15) is 0 Å². The zero-order valence-corrected chi connectivity index (χ0v) is 27.2. The minimum atomic E-state index is -0.792. The van der Waals surface area contributed by atoms with Gasteiger partial charge in [-0.25, -0.2) is 0 Å². The second-order valence-corrected chi connectivity index (χ2v) is 17.9. The lowest BCUT2D eigenvalue weighted by Crippen LogP contribution is -2.53. The lowest BCUT2D eigenvalue weighted by atomic mass is 9.92. The molecule has 43 heavy (non-hydrogen) atoms. The second kappa shape index (κ2) is 12.9. The van der Waals surface area contributed by atoms with E-state index in [1.54, 1.807) is 0 Å². The molecule has 5 aromatic rings. The molecule has 1 saturated heterocycles. The van der Waals surface area contributed by atoms with E-state index in [0.717, 1.165) is 5.56 Å². The summed E-state index contributed by atoms with van der Waals surface area (Å²) in [5.74, 6) is 0. The zero-order valence-electron chi connectivity index (χ0n) is 25.4. The lowest BCUT2D eigenvalue weighted by molar-refractivity contribution is -0.0739. The van der Waals surface area contributed by atoms with Crippen LogP contribution in [0.3, 0.4) is 0 Å². The molecule has 2 nitrogen and oxygen atoms in total. The summed E-state index contributed by atoms with van der Waals surface area (Å²) in [6, 6.07) is 54.4. The van der Waals surface area contributed by atoms with Crippen molar-refractivity contribution in [3.63, 3.8) is 0 Å². The van der Waals surface area contributed by atoms with Crippen LogP contribution in [-0.2, 0) is 9.47 Å². The van der Waals surface area contributed by atoms with Crippen LogP contribution in [0.1, 0.15) is 39.5 Å². The summed E-state index contributed by atoms with van der Waals surface area (Å²) < 4.78 is 14.3. The predicted octanol–water partition coefficient (Wildman–Crippen LogP) is 8.29. The van der Waals surface area contributed by atoms with Gasteiger partial charge in [-0.3, -0.25) is 0 Å². The van der Waals surface area contributed by atoms with E-state index in [2.05, 4.69) is 179 Å². The molecule has 0 radical (unpaired) electrons. The summed E-state index contributed by atoms with van der Waals surface area (Å²) in [7, 11) is -1.58. The molecule has 0 amide bonds. The van der Waals surface area contributed by atoms with Gasteiger partial charge in [0, 0.05) is 15.9 Å². The van der Waals surface area contributed by atoms with Crippen molar-refractivity contribution in [3.8, 4) is 0 Å². The summed E-state index contributed by atoms with van der Waals surface area (Å²) in [4.78, 5) is 0. The van der Waals surface area contributed by atoms with Crippen molar-refractivity contribution < 1.29 is 9.47 Å². The fourth-order valence-corrected chi connectivity index (χ4v) is 12.5. The molecule has 0 saturated carbocycles. The molecule has 0 N–H and O–H groups in total. The first-order chi connectivity index (χ1) is 20.9. The fraction of sp³-hybridized carbons (Fsp3) is 0.231. The highest BCUT2D eigenvalue weighted by Crippen LogP contribution is 2.60. The third-order valence-corrected chi connectivity index (χ3v) is 14.6. The third-order valence-electron chi connectivity index (χ3n) is 8.49. The molecule has 6 rings (SSSR count). The number of rotatable bonds is 9. The monoisotopic (exact) mass is 602 g/mol. The van der Waals surface area contributed by atoms with Gasteiger partial charge in [-0.15, -0.1) is 0 Å². The molecule has 1 heterocycles. The van der Waals surface area contributed by atoms with Gasteiger partial charge in [-0.1, -0.05) is 179 Å². The number of hydrogen-bond acceptors (Lipinski definition) is 2. The van der Waals surface area contributed by atoms with Crippen LogP contribution in [0.4, 0.5) is 0 Å². The van der Waals surface area contributed by atoms with Crippen molar-refractivity contribution in [1.29, 1.82) is 0 Å². The van der Waals surface area contributed by atoms with Gasteiger partial charge in [0.25, 0.3) is 0 Å². The van der Waals surface area contributed by atoms with Gasteiger partial charge in [0.15, 0.2) is 6.29 Å². The molecule has 4 heteroatoms. The first kappa shape index (κ1) is 29.9. The Bertz CT molecular complexity index is 1390. The van der Waals surface area contributed by atoms with E-state index in [1.807, 2.05) is 0 Å². The summed E-state index contributed by atoms with van der Waals surface area (Å²) >= 11 is 0. The average molecular weight is 603 g/mol. The normalized spacial score (nSPS) is 17.9. The minimum Gasteiger partial charge on any atom is -0.341 e. The Hall–Kier alpha value is -3.12. The molecule has 0 unspecified atom stereocenters. The number of hydrogen-bond donors (Lipinski definition) is 0. The first-order valence-corrected chi connectivity index (χ1v) is 17.7. The number of ether oxygens (including phenoxy) is 2. The number of benzene rings is 5. The van der Waals surface area contributed by atoms with Crippen molar-refractivity contribution in [1.82, 2.24) is 0 Å². The zero-order chi connectivity index (χ0) is 29.9. The lowest BCUT2D eigenvalue weighted by Gasteiger charge is -2.47. The summed E-state index contributed by atoms with van der Waals surface area (Å²) in [5, 5.41) is 4.90. The highest BCUT2D eigenvalue weighted by molar-refractivity contribution is 7.75. The van der Waals surface area contributed by atoms with Crippen molar-refractivity contribution in [3.05, 3.63) is 157 Å². The fourth-order valence-electron chi connectivity index (χ4n) is 6.47. The van der Waals surface area contributed by atoms with Crippen LogP contribution in [0.2, 0.25) is 0 Å². The van der Waals surface area contributed by atoms with Crippen molar-refractivity contribution in [2.24, 2.45) is 0 Å². The highest BCUT2D eigenvalue weighted by atomic mass is 31.1. The molecule has 1 fully saturated rings. The van der Waals surface area contributed by atoms with Crippen molar-refractivity contribution in [2.75, 3.05) is 0 Å². The third kappa shape index (κ3) is 6.13. The minimum absolute atomic E-state index is 0.156. The smallest absolute Gasteiger partial charge is 0.184 e. The van der Waals surface area contributed by atoms with Crippen LogP contribution in [0.5, 0.6) is 0 Å². The predicted molar refractivity (Wildman–Crippen MR) is 185 cm³/mol. The van der Waals surface area contributed by atoms with Crippen LogP contribution in [0.15, 0.2) is 152 Å². The van der Waals surface area contributed by atoms with E-state index in [4.69, 9.17) is 9.47 Å². The Morgan fingerprint density at radius 1 is 0.395 bits per heavy atom. The maximum absolute atomic E-state index is 7.16. The quantitative estimate of drug-likeness (QED) is 0.158. The van der Waals surface area contributed by atoms with Gasteiger partial charge >= 0.3 is 0 Å². The van der Waals surface area contributed by atoms with Crippen LogP contribution < -0.4 is 21.2 Å². The van der Waals surface area contributed by atoms with Gasteiger partial charge in [0.1, 0.15) is 0 Å². The van der Waals surface area contributed by atoms with Gasteiger partial charge in [-0.05, 0) is 37.1 Å². The summed E-state index contributed by atoms with van der Waals surface area (Å²) in [5.41, 5.74) is 1.06. The first-order valence-electron chi connectivity index (χ1n) is 15.0. The molecule has 1 aliphatic rings. The standard InChI is InChI=1S/C39H40O2P2/c1-38(2,42(31-22-12-6-13-23-31)32-24-14-7-15-25-32)35-36(41-37(40-35)30-20-10-5-11-21-30)39(3,4)43(33-26-16-8-17-27-33)34-28-18-9-19-29-34/h5-29,35-37H,1-4H3/t35-,36-/m0/s1. The second-order valence-electron chi connectivity index (χ2n) is 12.2. The van der Waals surface area contributed by atoms with Crippen LogP contribution in [0, 0.1) is 0 Å². The SMILES string of the molecule is CC(C)([C@H]1OC(c2ccccc2)O[C@@H]1C(C)(C)P(c1ccccc1)c1ccccc1)P(c1ccccc1)c1ccccc1. The maximum Gasteiger partial charge on any atom is 0.184 e. The summed E-state index contributed by atoms with van der Waals surface area (Å²) in [6.45, 7) is 9.60. The molecule has 0 aliphatic carbocycles. The highest BCUT2D eigenvalue weighted by Gasteiger charge is 2.56. The molecule has 218 valence electrons. The summed E-state index contributed by atoms with van der Waals surface area (Å²) in [6.07, 6.45) is -0.741. The molecular formula is C39H40O2P2. The molecule has 0 spiro atoms. The molecular weight excluding hydrogens is 562 g/mol. The Morgan fingerprint density at radius 2 is 0.651 bits per heavy atom. The van der Waals surface area contributed by atoms with Crippen molar-refractivity contribution in [2.45, 2.75) is 56.5 Å². The van der Waals surface area contributed by atoms with Crippen LogP contribution in [-0.4, -0.2) is 22.5 Å². The van der Waals surface area contributed by atoms with E-state index < -0.39 is 22.1 Å². The Kier molecular flexibility index (Phi) is 8.95. The van der Waals surface area contributed by atoms with Gasteiger partial charge in [0.05, 0.1) is 12.2 Å². The Balaban J connectivity index is 1.50. The van der Waals surface area contributed by atoms with Gasteiger partial charge in [-0.2, -0.15) is 0 Å². The molecule has 2 atom stereocenters. The largest absolute Gasteiger partial charge is 0.341 e. The van der Waals surface area contributed by atoms with E-state index in [0.29, 0.717) is 0 Å². The Labute approximate surface area is 259 Å². The Morgan fingerprint density at radius 3 is 0.930 bits per heavy atom. The maximum atomic E-state index is 7.16. The van der Waals surface area contributed by atoms with Gasteiger partial charge < -0.3 is 9.47 Å². The van der Waals surface area contributed by atoms with E-state index >= 15 is 0 Å². The topological polar surface area (TPSA) is 18.5 Å². The van der Waals surface area contributed by atoms with Crippen LogP contribution in [0.25, 0.3) is 0 Å².